The molecule has 0 saturated carbocycles. The largest absolute Gasteiger partial charge is 0.373 e. The summed E-state index contributed by atoms with van der Waals surface area (Å²) in [5.41, 5.74) is 0. The summed E-state index contributed by atoms with van der Waals surface area (Å²) in [4.78, 5) is 2.20. The Morgan fingerprint density at radius 2 is 1.75 bits per heavy atom. The van der Waals surface area contributed by atoms with Crippen LogP contribution in [0.15, 0.2) is 0 Å². The van der Waals surface area contributed by atoms with Crippen molar-refractivity contribution in [3.05, 3.63) is 0 Å². The van der Waals surface area contributed by atoms with Crippen LogP contribution in [0.2, 0.25) is 0 Å². The van der Waals surface area contributed by atoms with E-state index < -0.39 is 0 Å². The fourth-order valence-corrected chi connectivity index (χ4v) is 2.11. The number of hydrogen-bond acceptors (Lipinski definition) is 3. The zero-order valence-corrected chi connectivity index (χ0v) is 7.99. The van der Waals surface area contributed by atoms with E-state index in [0.29, 0.717) is 24.2 Å². The van der Waals surface area contributed by atoms with Crippen molar-refractivity contribution < 1.29 is 9.47 Å². The van der Waals surface area contributed by atoms with E-state index in [0.717, 1.165) is 13.2 Å². The van der Waals surface area contributed by atoms with Crippen LogP contribution in [0, 0.1) is 5.92 Å². The lowest BCUT2D eigenvalue weighted by molar-refractivity contribution is 0.0537. The van der Waals surface area contributed by atoms with Crippen molar-refractivity contribution in [1.82, 2.24) is 4.90 Å². The minimum atomic E-state index is 0.315. The number of fused-ring (bicyclic) bond motifs is 1. The Bertz CT molecular complexity index is 172. The predicted molar refractivity (Wildman–Crippen MR) is 46.1 cm³/mol. The van der Waals surface area contributed by atoms with Gasteiger partial charge in [-0.25, -0.2) is 0 Å². The standard InChI is InChI=1S/C9H17NO2/c1-6-4-11-9-7(10(2)3)5-12-8(6)9/h6-9H,4-5H2,1-3H3/t6?,7?,8-,9-/m1/s1. The minimum absolute atomic E-state index is 0.315. The maximum absolute atomic E-state index is 5.70. The smallest absolute Gasteiger partial charge is 0.102 e. The molecule has 2 fully saturated rings. The monoisotopic (exact) mass is 171 g/mol. The number of hydrogen-bond donors (Lipinski definition) is 0. The van der Waals surface area contributed by atoms with Gasteiger partial charge >= 0.3 is 0 Å². The average Bonchev–Trinajstić information content (AvgIpc) is 2.53. The summed E-state index contributed by atoms with van der Waals surface area (Å²) >= 11 is 0. The Kier molecular flexibility index (Phi) is 2.10. The first kappa shape index (κ1) is 8.48. The first-order valence-electron chi connectivity index (χ1n) is 4.60. The van der Waals surface area contributed by atoms with Gasteiger partial charge < -0.3 is 14.4 Å². The third-order valence-electron chi connectivity index (χ3n) is 2.94. The van der Waals surface area contributed by atoms with E-state index in [2.05, 4.69) is 25.9 Å². The van der Waals surface area contributed by atoms with Gasteiger partial charge in [0.25, 0.3) is 0 Å². The molecular weight excluding hydrogens is 154 g/mol. The van der Waals surface area contributed by atoms with Gasteiger partial charge in [-0.2, -0.15) is 0 Å². The molecule has 0 aromatic carbocycles. The Morgan fingerprint density at radius 3 is 2.42 bits per heavy atom. The van der Waals surface area contributed by atoms with Gasteiger partial charge in [0.15, 0.2) is 0 Å². The summed E-state index contributed by atoms with van der Waals surface area (Å²) in [6.07, 6.45) is 0.660. The van der Waals surface area contributed by atoms with E-state index in [4.69, 9.17) is 9.47 Å². The molecular formula is C9H17NO2. The van der Waals surface area contributed by atoms with Crippen LogP contribution in [0.1, 0.15) is 6.92 Å². The molecule has 2 heterocycles. The number of likely N-dealkylation sites (N-methyl/N-ethyl adjacent to an activating group) is 1. The third kappa shape index (κ3) is 1.16. The molecule has 2 rings (SSSR count). The quantitative estimate of drug-likeness (QED) is 0.568. The van der Waals surface area contributed by atoms with Crippen LogP contribution >= 0.6 is 0 Å². The fourth-order valence-electron chi connectivity index (χ4n) is 2.11. The molecule has 3 heteroatoms. The van der Waals surface area contributed by atoms with Crippen molar-refractivity contribution in [2.75, 3.05) is 27.3 Å². The van der Waals surface area contributed by atoms with E-state index >= 15 is 0 Å². The molecule has 0 amide bonds. The lowest BCUT2D eigenvalue weighted by Crippen LogP contribution is -2.39. The topological polar surface area (TPSA) is 21.7 Å². The molecule has 0 bridgehead atoms. The van der Waals surface area contributed by atoms with Crippen LogP contribution in [0.4, 0.5) is 0 Å². The minimum Gasteiger partial charge on any atom is -0.373 e. The number of rotatable bonds is 1. The summed E-state index contributed by atoms with van der Waals surface area (Å²) in [5.74, 6) is 0.569. The van der Waals surface area contributed by atoms with E-state index in [9.17, 15) is 0 Å². The number of ether oxygens (including phenoxy) is 2. The van der Waals surface area contributed by atoms with Crippen LogP contribution in [-0.2, 0) is 9.47 Å². The molecule has 0 aromatic heterocycles. The van der Waals surface area contributed by atoms with Crippen LogP contribution in [0.25, 0.3) is 0 Å². The molecule has 2 aliphatic heterocycles. The highest BCUT2D eigenvalue weighted by molar-refractivity contribution is 4.95. The molecule has 70 valence electrons. The Hall–Kier alpha value is -0.120. The lowest BCUT2D eigenvalue weighted by Gasteiger charge is -2.22. The summed E-state index contributed by atoms with van der Waals surface area (Å²) in [5, 5.41) is 0. The van der Waals surface area contributed by atoms with Crippen LogP contribution in [-0.4, -0.2) is 50.5 Å². The van der Waals surface area contributed by atoms with Crippen molar-refractivity contribution in [1.29, 1.82) is 0 Å². The normalized spacial score (nSPS) is 47.0. The average molecular weight is 171 g/mol. The molecule has 0 N–H and O–H groups in total. The Labute approximate surface area is 73.6 Å². The van der Waals surface area contributed by atoms with Gasteiger partial charge in [0.1, 0.15) is 6.10 Å². The molecule has 12 heavy (non-hydrogen) atoms. The highest BCUT2D eigenvalue weighted by atomic mass is 16.6. The summed E-state index contributed by atoms with van der Waals surface area (Å²) in [6, 6.07) is 0.458. The second-order valence-electron chi connectivity index (χ2n) is 4.10. The van der Waals surface area contributed by atoms with Crippen molar-refractivity contribution in [2.45, 2.75) is 25.2 Å². The maximum atomic E-state index is 5.70. The zero-order chi connectivity index (χ0) is 8.72. The van der Waals surface area contributed by atoms with Gasteiger partial charge in [-0.05, 0) is 14.1 Å². The SMILES string of the molecule is CC1CO[C@@H]2C(N(C)C)CO[C@H]12. The van der Waals surface area contributed by atoms with Gasteiger partial charge in [0.2, 0.25) is 0 Å². The second-order valence-corrected chi connectivity index (χ2v) is 4.10. The first-order valence-corrected chi connectivity index (χ1v) is 4.60. The van der Waals surface area contributed by atoms with Crippen molar-refractivity contribution in [3.63, 3.8) is 0 Å². The summed E-state index contributed by atoms with van der Waals surface area (Å²) in [6.45, 7) is 3.88. The summed E-state index contributed by atoms with van der Waals surface area (Å²) in [7, 11) is 4.17. The van der Waals surface area contributed by atoms with Gasteiger partial charge in [-0.15, -0.1) is 0 Å². The van der Waals surface area contributed by atoms with Crippen LogP contribution in [0.3, 0.4) is 0 Å². The van der Waals surface area contributed by atoms with Crippen molar-refractivity contribution in [3.8, 4) is 0 Å². The third-order valence-corrected chi connectivity index (χ3v) is 2.94. The summed E-state index contributed by atoms with van der Waals surface area (Å²) < 4.78 is 11.4. The maximum Gasteiger partial charge on any atom is 0.102 e. The second kappa shape index (κ2) is 2.98. The Balaban J connectivity index is 2.05. The van der Waals surface area contributed by atoms with Gasteiger partial charge in [-0.3, -0.25) is 0 Å². The highest BCUT2D eigenvalue weighted by Gasteiger charge is 2.46. The molecule has 0 aromatic rings. The van der Waals surface area contributed by atoms with Gasteiger partial charge in [-0.1, -0.05) is 6.92 Å². The van der Waals surface area contributed by atoms with Crippen molar-refractivity contribution >= 4 is 0 Å². The molecule has 4 atom stereocenters. The van der Waals surface area contributed by atoms with Crippen LogP contribution in [0.5, 0.6) is 0 Å². The predicted octanol–water partition coefficient (Wildman–Crippen LogP) is 0.350. The lowest BCUT2D eigenvalue weighted by atomic mass is 10.0. The van der Waals surface area contributed by atoms with E-state index in [1.165, 1.54) is 0 Å². The molecule has 2 unspecified atom stereocenters. The van der Waals surface area contributed by atoms with Crippen LogP contribution < -0.4 is 0 Å². The van der Waals surface area contributed by atoms with Gasteiger partial charge in [0, 0.05) is 5.92 Å². The molecule has 3 nitrogen and oxygen atoms in total. The molecule has 0 radical (unpaired) electrons. The fraction of sp³-hybridized carbons (Fsp3) is 1.00. The molecule has 0 spiro atoms. The first-order chi connectivity index (χ1) is 5.70. The molecule has 2 saturated heterocycles. The number of nitrogens with zero attached hydrogens (tertiary/aromatic N) is 1. The van der Waals surface area contributed by atoms with E-state index in [-0.39, 0.29) is 0 Å². The van der Waals surface area contributed by atoms with Gasteiger partial charge in [0.05, 0.1) is 25.4 Å². The van der Waals surface area contributed by atoms with E-state index in [1.54, 1.807) is 0 Å². The zero-order valence-electron chi connectivity index (χ0n) is 7.99. The highest BCUT2D eigenvalue weighted by Crippen LogP contribution is 2.32. The molecule has 0 aliphatic carbocycles. The van der Waals surface area contributed by atoms with Crippen molar-refractivity contribution in [2.24, 2.45) is 5.92 Å². The van der Waals surface area contributed by atoms with E-state index in [1.807, 2.05) is 0 Å². The Morgan fingerprint density at radius 1 is 1.08 bits per heavy atom. The molecule has 2 aliphatic rings.